The largest absolute Gasteiger partial charge is 0.375 e. The summed E-state index contributed by atoms with van der Waals surface area (Å²) in [5.74, 6) is 0.125. The average Bonchev–Trinajstić information content (AvgIpc) is 2.39. The fraction of sp³-hybridized carbons (Fsp3) is 0.909. The van der Waals surface area contributed by atoms with E-state index < -0.39 is 0 Å². The van der Waals surface area contributed by atoms with Gasteiger partial charge < -0.3 is 14.5 Å². The standard InChI is InChI=1S/C11H22N2O2/c1-4-10-8-12(2)6-5-7-13(10)11(14)9-15-3/h10H,4-9H2,1-3H3. The number of amides is 1. The molecular formula is C11H22N2O2. The second-order valence-corrected chi connectivity index (χ2v) is 4.20. The van der Waals surface area contributed by atoms with Gasteiger partial charge in [-0.1, -0.05) is 6.92 Å². The minimum atomic E-state index is 0.125. The van der Waals surface area contributed by atoms with Crippen LogP contribution in [0.25, 0.3) is 0 Å². The van der Waals surface area contributed by atoms with Crippen molar-refractivity contribution in [1.29, 1.82) is 0 Å². The van der Waals surface area contributed by atoms with Crippen LogP contribution >= 0.6 is 0 Å². The molecule has 1 aliphatic heterocycles. The molecule has 0 aliphatic carbocycles. The molecule has 0 radical (unpaired) electrons. The first-order valence-electron chi connectivity index (χ1n) is 5.66. The summed E-state index contributed by atoms with van der Waals surface area (Å²) in [5.41, 5.74) is 0. The molecule has 0 saturated carbocycles. The van der Waals surface area contributed by atoms with Gasteiger partial charge in [-0.2, -0.15) is 0 Å². The lowest BCUT2D eigenvalue weighted by Gasteiger charge is -2.30. The zero-order valence-corrected chi connectivity index (χ0v) is 10.0. The third-order valence-electron chi connectivity index (χ3n) is 2.96. The van der Waals surface area contributed by atoms with Crippen molar-refractivity contribution in [1.82, 2.24) is 9.80 Å². The Morgan fingerprint density at radius 2 is 2.20 bits per heavy atom. The van der Waals surface area contributed by atoms with Crippen LogP contribution in [0.3, 0.4) is 0 Å². The highest BCUT2D eigenvalue weighted by atomic mass is 16.5. The Bertz CT molecular complexity index is 209. The van der Waals surface area contributed by atoms with Gasteiger partial charge in [0, 0.05) is 26.2 Å². The van der Waals surface area contributed by atoms with Crippen molar-refractivity contribution in [2.75, 3.05) is 40.4 Å². The normalized spacial score (nSPS) is 23.9. The molecule has 4 heteroatoms. The minimum absolute atomic E-state index is 0.125. The SMILES string of the molecule is CCC1CN(C)CCCN1C(=O)COC. The predicted octanol–water partition coefficient (Wildman–Crippen LogP) is 0.575. The number of carbonyl (C=O) groups excluding carboxylic acids is 1. The Kier molecular flexibility index (Phi) is 5.05. The molecule has 4 nitrogen and oxygen atoms in total. The molecule has 0 N–H and O–H groups in total. The van der Waals surface area contributed by atoms with Crippen LogP contribution in [0.1, 0.15) is 19.8 Å². The molecule has 1 saturated heterocycles. The summed E-state index contributed by atoms with van der Waals surface area (Å²) >= 11 is 0. The molecule has 0 spiro atoms. The van der Waals surface area contributed by atoms with Crippen molar-refractivity contribution < 1.29 is 9.53 Å². The van der Waals surface area contributed by atoms with Gasteiger partial charge in [0.15, 0.2) is 0 Å². The maximum Gasteiger partial charge on any atom is 0.248 e. The summed E-state index contributed by atoms with van der Waals surface area (Å²) in [6.45, 7) is 5.27. The summed E-state index contributed by atoms with van der Waals surface area (Å²) in [5, 5.41) is 0. The summed E-state index contributed by atoms with van der Waals surface area (Å²) in [6.07, 6.45) is 2.07. The predicted molar refractivity (Wildman–Crippen MR) is 59.8 cm³/mol. The van der Waals surface area contributed by atoms with E-state index in [9.17, 15) is 4.79 Å². The zero-order chi connectivity index (χ0) is 11.3. The van der Waals surface area contributed by atoms with Crippen LogP contribution in [0.2, 0.25) is 0 Å². The van der Waals surface area contributed by atoms with E-state index in [1.165, 1.54) is 0 Å². The Balaban J connectivity index is 2.62. The Labute approximate surface area is 92.2 Å². The van der Waals surface area contributed by atoms with E-state index in [1.807, 2.05) is 4.90 Å². The van der Waals surface area contributed by atoms with Gasteiger partial charge in [0.2, 0.25) is 5.91 Å². The van der Waals surface area contributed by atoms with Crippen molar-refractivity contribution >= 4 is 5.91 Å². The third kappa shape index (κ3) is 3.47. The smallest absolute Gasteiger partial charge is 0.248 e. The molecule has 0 bridgehead atoms. The van der Waals surface area contributed by atoms with Crippen LogP contribution < -0.4 is 0 Å². The van der Waals surface area contributed by atoms with Crippen LogP contribution in [0.15, 0.2) is 0 Å². The summed E-state index contributed by atoms with van der Waals surface area (Å²) in [6, 6.07) is 0.347. The van der Waals surface area contributed by atoms with E-state index in [2.05, 4.69) is 18.9 Å². The molecule has 0 aromatic carbocycles. The summed E-state index contributed by atoms with van der Waals surface area (Å²) in [4.78, 5) is 16.1. The van der Waals surface area contributed by atoms with Gasteiger partial charge in [-0.25, -0.2) is 0 Å². The molecule has 88 valence electrons. The number of nitrogens with zero attached hydrogens (tertiary/aromatic N) is 2. The van der Waals surface area contributed by atoms with Gasteiger partial charge in [-0.15, -0.1) is 0 Å². The third-order valence-corrected chi connectivity index (χ3v) is 2.96. The first-order valence-corrected chi connectivity index (χ1v) is 5.66. The molecule has 1 heterocycles. The molecule has 1 aliphatic rings. The maximum absolute atomic E-state index is 11.8. The van der Waals surface area contributed by atoms with Crippen LogP contribution in [0.4, 0.5) is 0 Å². The molecule has 15 heavy (non-hydrogen) atoms. The van der Waals surface area contributed by atoms with Crippen LogP contribution in [-0.4, -0.2) is 62.1 Å². The summed E-state index contributed by atoms with van der Waals surface area (Å²) < 4.78 is 4.91. The first kappa shape index (κ1) is 12.5. The van der Waals surface area contributed by atoms with Crippen LogP contribution in [-0.2, 0) is 9.53 Å². The Morgan fingerprint density at radius 1 is 1.47 bits per heavy atom. The van der Waals surface area contributed by atoms with E-state index in [0.29, 0.717) is 6.04 Å². The lowest BCUT2D eigenvalue weighted by atomic mass is 10.2. The number of carbonyl (C=O) groups is 1. The van der Waals surface area contributed by atoms with Gasteiger partial charge in [-0.3, -0.25) is 4.79 Å². The van der Waals surface area contributed by atoms with Crippen molar-refractivity contribution in [2.45, 2.75) is 25.8 Å². The highest BCUT2D eigenvalue weighted by Crippen LogP contribution is 2.12. The van der Waals surface area contributed by atoms with Gasteiger partial charge in [0.25, 0.3) is 0 Å². The second-order valence-electron chi connectivity index (χ2n) is 4.20. The fourth-order valence-electron chi connectivity index (χ4n) is 2.13. The Morgan fingerprint density at radius 3 is 2.80 bits per heavy atom. The minimum Gasteiger partial charge on any atom is -0.375 e. The molecule has 1 rings (SSSR count). The van der Waals surface area contributed by atoms with E-state index in [-0.39, 0.29) is 12.5 Å². The van der Waals surface area contributed by atoms with Crippen molar-refractivity contribution in [3.8, 4) is 0 Å². The molecular weight excluding hydrogens is 192 g/mol. The molecule has 1 atom stereocenters. The average molecular weight is 214 g/mol. The first-order chi connectivity index (χ1) is 7.19. The summed E-state index contributed by atoms with van der Waals surface area (Å²) in [7, 11) is 3.69. The van der Waals surface area contributed by atoms with E-state index in [4.69, 9.17) is 4.74 Å². The van der Waals surface area contributed by atoms with E-state index in [1.54, 1.807) is 7.11 Å². The topological polar surface area (TPSA) is 32.8 Å². The van der Waals surface area contributed by atoms with Crippen molar-refractivity contribution in [3.63, 3.8) is 0 Å². The second kappa shape index (κ2) is 6.08. The monoisotopic (exact) mass is 214 g/mol. The molecule has 0 aromatic rings. The number of hydrogen-bond donors (Lipinski definition) is 0. The van der Waals surface area contributed by atoms with Crippen LogP contribution in [0.5, 0.6) is 0 Å². The number of hydrogen-bond acceptors (Lipinski definition) is 3. The van der Waals surface area contributed by atoms with E-state index in [0.717, 1.165) is 32.5 Å². The molecule has 0 aromatic heterocycles. The van der Waals surface area contributed by atoms with Crippen molar-refractivity contribution in [3.05, 3.63) is 0 Å². The number of methoxy groups -OCH3 is 1. The van der Waals surface area contributed by atoms with Gasteiger partial charge in [-0.05, 0) is 26.4 Å². The maximum atomic E-state index is 11.8. The molecule has 1 unspecified atom stereocenters. The van der Waals surface area contributed by atoms with Crippen LogP contribution in [0, 0.1) is 0 Å². The Hall–Kier alpha value is -0.610. The number of ether oxygens (including phenoxy) is 1. The lowest BCUT2D eigenvalue weighted by Crippen LogP contribution is -2.44. The van der Waals surface area contributed by atoms with Gasteiger partial charge in [0.05, 0.1) is 0 Å². The lowest BCUT2D eigenvalue weighted by molar-refractivity contribution is -0.137. The molecule has 1 fully saturated rings. The quantitative estimate of drug-likeness (QED) is 0.689. The number of rotatable bonds is 3. The fourth-order valence-corrected chi connectivity index (χ4v) is 2.13. The highest BCUT2D eigenvalue weighted by Gasteiger charge is 2.25. The van der Waals surface area contributed by atoms with Gasteiger partial charge in [0.1, 0.15) is 6.61 Å². The molecule has 1 amide bonds. The van der Waals surface area contributed by atoms with Gasteiger partial charge >= 0.3 is 0 Å². The number of likely N-dealkylation sites (N-methyl/N-ethyl adjacent to an activating group) is 1. The van der Waals surface area contributed by atoms with Crippen molar-refractivity contribution in [2.24, 2.45) is 0 Å². The van der Waals surface area contributed by atoms with E-state index >= 15 is 0 Å². The highest BCUT2D eigenvalue weighted by molar-refractivity contribution is 5.77. The zero-order valence-electron chi connectivity index (χ0n) is 10.0.